The lowest BCUT2D eigenvalue weighted by Gasteiger charge is -2.19. The number of nitrogens with zero attached hydrogens (tertiary/aromatic N) is 3. The van der Waals surface area contributed by atoms with Gasteiger partial charge in [-0.1, -0.05) is 11.3 Å². The Kier molecular flexibility index (Phi) is 5.78. The van der Waals surface area contributed by atoms with E-state index < -0.39 is 5.92 Å². The Balaban J connectivity index is 1.36. The van der Waals surface area contributed by atoms with Crippen molar-refractivity contribution in [1.82, 2.24) is 20.1 Å². The van der Waals surface area contributed by atoms with Crippen molar-refractivity contribution in [2.75, 3.05) is 11.9 Å². The standard InChI is InChI=1S/C20H21N5O3S2/c1-11-7-12(2)25(24-11)5-4-21-18(27)14-8-15-17(16(26)9-14)30-20(22-15)23-19(28)13-3-6-29-10-13/h3,6-7,10,14H,4-5,8-9H2,1-2H3,(H,21,27)(H,22,23,28)/t14-/m1/s1. The molecule has 30 heavy (non-hydrogen) atoms. The van der Waals surface area contributed by atoms with Crippen LogP contribution in [-0.2, 0) is 17.8 Å². The molecule has 156 valence electrons. The van der Waals surface area contributed by atoms with Crippen LogP contribution in [0.2, 0.25) is 0 Å². The molecule has 8 nitrogen and oxygen atoms in total. The largest absolute Gasteiger partial charge is 0.354 e. The number of nitrogens with one attached hydrogen (secondary N) is 2. The molecule has 4 rings (SSSR count). The summed E-state index contributed by atoms with van der Waals surface area (Å²) in [5.74, 6) is -0.975. The molecule has 1 atom stereocenters. The predicted octanol–water partition coefficient (Wildman–Crippen LogP) is 2.83. The molecule has 0 aromatic carbocycles. The summed E-state index contributed by atoms with van der Waals surface area (Å²) in [7, 11) is 0. The Bertz CT molecular complexity index is 1100. The maximum absolute atomic E-state index is 12.6. The molecule has 0 unspecified atom stereocenters. The molecule has 0 saturated carbocycles. The van der Waals surface area contributed by atoms with Gasteiger partial charge in [-0.15, -0.1) is 0 Å². The Morgan fingerprint density at radius 3 is 2.83 bits per heavy atom. The zero-order chi connectivity index (χ0) is 21.3. The lowest BCUT2D eigenvalue weighted by Crippen LogP contribution is -2.37. The van der Waals surface area contributed by atoms with Crippen LogP contribution < -0.4 is 10.6 Å². The van der Waals surface area contributed by atoms with Crippen LogP contribution in [0.5, 0.6) is 0 Å². The SMILES string of the molecule is Cc1cc(C)n(CCNC(=O)[C@H]2CC(=O)c3sc(NC(=O)c4ccsc4)nc3C2)n1. The van der Waals surface area contributed by atoms with Gasteiger partial charge in [-0.3, -0.25) is 24.4 Å². The van der Waals surface area contributed by atoms with Gasteiger partial charge < -0.3 is 5.32 Å². The highest BCUT2D eigenvalue weighted by atomic mass is 32.1. The number of Topliss-reactive ketones (excluding diaryl/α,β-unsaturated/α-hetero) is 1. The third-order valence-corrected chi connectivity index (χ3v) is 6.66. The molecule has 0 radical (unpaired) electrons. The summed E-state index contributed by atoms with van der Waals surface area (Å²) in [6.07, 6.45) is 0.538. The summed E-state index contributed by atoms with van der Waals surface area (Å²) in [6.45, 7) is 4.92. The summed E-state index contributed by atoms with van der Waals surface area (Å²) in [5, 5.41) is 14.0. The average molecular weight is 444 g/mol. The molecule has 0 fully saturated rings. The Labute approximate surface area is 181 Å². The van der Waals surface area contributed by atoms with E-state index in [-0.39, 0.29) is 24.0 Å². The Hall–Kier alpha value is -2.85. The molecule has 1 aliphatic carbocycles. The number of rotatable bonds is 6. The molecule has 3 aromatic heterocycles. The summed E-state index contributed by atoms with van der Waals surface area (Å²) >= 11 is 2.60. The topological polar surface area (TPSA) is 106 Å². The van der Waals surface area contributed by atoms with E-state index in [9.17, 15) is 14.4 Å². The van der Waals surface area contributed by atoms with Gasteiger partial charge in [0.2, 0.25) is 5.91 Å². The maximum atomic E-state index is 12.6. The number of ketones is 1. The van der Waals surface area contributed by atoms with Crippen LogP contribution in [0.25, 0.3) is 0 Å². The van der Waals surface area contributed by atoms with Gasteiger partial charge in [0, 0.05) is 30.5 Å². The number of aromatic nitrogens is 3. The monoisotopic (exact) mass is 443 g/mol. The second kappa shape index (κ2) is 8.49. The first kappa shape index (κ1) is 20.4. The number of amides is 2. The van der Waals surface area contributed by atoms with Crippen molar-refractivity contribution in [3.8, 4) is 0 Å². The summed E-state index contributed by atoms with van der Waals surface area (Å²) in [5.41, 5.74) is 3.11. The van der Waals surface area contributed by atoms with Gasteiger partial charge >= 0.3 is 0 Å². The summed E-state index contributed by atoms with van der Waals surface area (Å²) < 4.78 is 1.85. The first-order valence-corrected chi connectivity index (χ1v) is 11.3. The number of aryl methyl sites for hydroxylation is 2. The molecule has 3 aromatic rings. The fourth-order valence-corrected chi connectivity index (χ4v) is 5.04. The van der Waals surface area contributed by atoms with Crippen LogP contribution in [0.4, 0.5) is 5.13 Å². The number of thiophene rings is 1. The number of hydrogen-bond donors (Lipinski definition) is 2. The molecule has 3 heterocycles. The van der Waals surface area contributed by atoms with Crippen LogP contribution in [-0.4, -0.2) is 38.9 Å². The molecular formula is C20H21N5O3S2. The van der Waals surface area contributed by atoms with Gasteiger partial charge in [-0.05, 0) is 31.4 Å². The van der Waals surface area contributed by atoms with Crippen molar-refractivity contribution in [1.29, 1.82) is 0 Å². The second-order valence-electron chi connectivity index (χ2n) is 7.23. The lowest BCUT2D eigenvalue weighted by molar-refractivity contribution is -0.125. The minimum Gasteiger partial charge on any atom is -0.354 e. The summed E-state index contributed by atoms with van der Waals surface area (Å²) in [4.78, 5) is 42.3. The molecule has 0 bridgehead atoms. The Morgan fingerprint density at radius 2 is 2.13 bits per heavy atom. The molecular weight excluding hydrogens is 422 g/mol. The number of fused-ring (bicyclic) bond motifs is 1. The van der Waals surface area contributed by atoms with Crippen molar-refractivity contribution < 1.29 is 14.4 Å². The molecule has 0 aliphatic heterocycles. The minimum atomic E-state index is -0.451. The third kappa shape index (κ3) is 4.34. The van der Waals surface area contributed by atoms with Crippen LogP contribution in [0.15, 0.2) is 22.9 Å². The molecule has 0 spiro atoms. The normalized spacial score (nSPS) is 15.7. The zero-order valence-corrected chi connectivity index (χ0v) is 18.2. The highest BCUT2D eigenvalue weighted by Crippen LogP contribution is 2.32. The second-order valence-corrected chi connectivity index (χ2v) is 9.01. The molecule has 1 aliphatic rings. The van der Waals surface area contributed by atoms with Gasteiger partial charge in [0.1, 0.15) is 0 Å². The molecule has 10 heteroatoms. The van der Waals surface area contributed by atoms with Crippen LogP contribution in [0, 0.1) is 19.8 Å². The fourth-order valence-electron chi connectivity index (χ4n) is 3.46. The van der Waals surface area contributed by atoms with Gasteiger partial charge in [0.25, 0.3) is 5.91 Å². The van der Waals surface area contributed by atoms with E-state index in [0.29, 0.717) is 40.8 Å². The van der Waals surface area contributed by atoms with Gasteiger partial charge in [-0.2, -0.15) is 16.4 Å². The van der Waals surface area contributed by atoms with Crippen molar-refractivity contribution >= 4 is 45.4 Å². The van der Waals surface area contributed by atoms with E-state index >= 15 is 0 Å². The van der Waals surface area contributed by atoms with E-state index in [1.807, 2.05) is 30.0 Å². The first-order chi connectivity index (χ1) is 14.4. The minimum absolute atomic E-state index is 0.108. The zero-order valence-electron chi connectivity index (χ0n) is 16.6. The highest BCUT2D eigenvalue weighted by molar-refractivity contribution is 7.17. The number of carbonyl (C=O) groups excluding carboxylic acids is 3. The smallest absolute Gasteiger partial charge is 0.258 e. The van der Waals surface area contributed by atoms with E-state index in [4.69, 9.17) is 0 Å². The van der Waals surface area contributed by atoms with Crippen LogP contribution >= 0.6 is 22.7 Å². The van der Waals surface area contributed by atoms with Gasteiger partial charge in [0.05, 0.1) is 34.3 Å². The van der Waals surface area contributed by atoms with E-state index in [1.165, 1.54) is 22.7 Å². The highest BCUT2D eigenvalue weighted by Gasteiger charge is 2.33. The summed E-state index contributed by atoms with van der Waals surface area (Å²) in [6, 6.07) is 3.71. The van der Waals surface area contributed by atoms with E-state index in [0.717, 1.165) is 11.4 Å². The predicted molar refractivity (Wildman–Crippen MR) is 115 cm³/mol. The van der Waals surface area contributed by atoms with Crippen molar-refractivity contribution in [3.05, 3.63) is 50.4 Å². The maximum Gasteiger partial charge on any atom is 0.258 e. The fraction of sp³-hybridized carbons (Fsp3) is 0.350. The quantitative estimate of drug-likeness (QED) is 0.609. The van der Waals surface area contributed by atoms with E-state index in [1.54, 1.807) is 11.4 Å². The average Bonchev–Trinajstić information content (AvgIpc) is 3.42. The van der Waals surface area contributed by atoms with Crippen molar-refractivity contribution in [3.63, 3.8) is 0 Å². The number of anilines is 1. The molecule has 2 amide bonds. The van der Waals surface area contributed by atoms with Crippen molar-refractivity contribution in [2.24, 2.45) is 5.92 Å². The number of carbonyl (C=O) groups is 3. The first-order valence-electron chi connectivity index (χ1n) is 9.56. The van der Waals surface area contributed by atoms with Gasteiger partial charge in [0.15, 0.2) is 10.9 Å². The van der Waals surface area contributed by atoms with Crippen molar-refractivity contribution in [2.45, 2.75) is 33.2 Å². The van der Waals surface area contributed by atoms with Crippen LogP contribution in [0.3, 0.4) is 0 Å². The van der Waals surface area contributed by atoms with E-state index in [2.05, 4.69) is 20.7 Å². The number of hydrogen-bond acceptors (Lipinski definition) is 7. The third-order valence-electron chi connectivity index (χ3n) is 4.92. The Morgan fingerprint density at radius 1 is 1.30 bits per heavy atom. The number of thiazole rings is 1. The van der Waals surface area contributed by atoms with Gasteiger partial charge in [-0.25, -0.2) is 4.98 Å². The van der Waals surface area contributed by atoms with Crippen LogP contribution in [0.1, 0.15) is 43.5 Å². The lowest BCUT2D eigenvalue weighted by atomic mass is 9.89. The molecule has 0 saturated heterocycles. The molecule has 2 N–H and O–H groups in total.